The fourth-order valence-corrected chi connectivity index (χ4v) is 2.39. The van der Waals surface area contributed by atoms with E-state index in [-0.39, 0.29) is 11.9 Å². The predicted molar refractivity (Wildman–Crippen MR) is 79.9 cm³/mol. The van der Waals surface area contributed by atoms with E-state index in [2.05, 4.69) is 26.6 Å². The number of hydrogen-bond acceptors (Lipinski definition) is 2. The van der Waals surface area contributed by atoms with Crippen LogP contribution < -0.4 is 10.6 Å². The normalized spacial score (nSPS) is 18.4. The maximum Gasteiger partial charge on any atom is 0.319 e. The molecule has 20 heavy (non-hydrogen) atoms. The third kappa shape index (κ3) is 2.85. The number of halogens is 1. The Morgan fingerprint density at radius 3 is 2.40 bits per heavy atom. The molecular formula is C14H16BrN3O2. The maximum absolute atomic E-state index is 12.3. The molecule has 1 atom stereocenters. The highest BCUT2D eigenvalue weighted by molar-refractivity contribution is 9.10. The van der Waals surface area contributed by atoms with Crippen LogP contribution in [-0.4, -0.2) is 30.9 Å². The van der Waals surface area contributed by atoms with Crippen LogP contribution >= 0.6 is 15.9 Å². The van der Waals surface area contributed by atoms with Gasteiger partial charge < -0.3 is 15.5 Å². The molecule has 2 rings (SSSR count). The maximum atomic E-state index is 12.3. The molecule has 0 aromatic heterocycles. The summed E-state index contributed by atoms with van der Waals surface area (Å²) >= 11 is 3.37. The topological polar surface area (TPSA) is 61.4 Å². The van der Waals surface area contributed by atoms with Crippen LogP contribution in [0.1, 0.15) is 18.5 Å². The lowest BCUT2D eigenvalue weighted by Gasteiger charge is -2.30. The van der Waals surface area contributed by atoms with E-state index in [9.17, 15) is 9.59 Å². The average molecular weight is 338 g/mol. The Balaban J connectivity index is 2.47. The smallest absolute Gasteiger partial charge is 0.319 e. The molecule has 3 amide bonds. The van der Waals surface area contributed by atoms with Gasteiger partial charge in [0.2, 0.25) is 0 Å². The van der Waals surface area contributed by atoms with E-state index in [1.165, 1.54) is 4.90 Å². The van der Waals surface area contributed by atoms with Crippen LogP contribution in [0.25, 0.3) is 0 Å². The molecule has 0 fully saturated rings. The van der Waals surface area contributed by atoms with Gasteiger partial charge in [-0.1, -0.05) is 28.1 Å². The number of benzene rings is 1. The number of nitrogens with zero attached hydrogens (tertiary/aromatic N) is 1. The lowest BCUT2D eigenvalue weighted by molar-refractivity contribution is -0.125. The van der Waals surface area contributed by atoms with E-state index in [1.54, 1.807) is 21.0 Å². The van der Waals surface area contributed by atoms with Gasteiger partial charge in [0.1, 0.15) is 0 Å². The van der Waals surface area contributed by atoms with Crippen molar-refractivity contribution in [3.63, 3.8) is 0 Å². The van der Waals surface area contributed by atoms with E-state index in [4.69, 9.17) is 0 Å². The Hall–Kier alpha value is -1.82. The first-order valence-corrected chi connectivity index (χ1v) is 6.95. The van der Waals surface area contributed by atoms with Gasteiger partial charge in [0.25, 0.3) is 5.91 Å². The number of allylic oxidation sites excluding steroid dienone is 1. The lowest BCUT2D eigenvalue weighted by Crippen LogP contribution is -2.46. The Labute approximate surface area is 126 Å². The summed E-state index contributed by atoms with van der Waals surface area (Å²) in [6, 6.07) is 6.80. The number of carbonyl (C=O) groups excluding carboxylic acids is 2. The van der Waals surface area contributed by atoms with Gasteiger partial charge >= 0.3 is 6.03 Å². The van der Waals surface area contributed by atoms with Crippen molar-refractivity contribution in [3.8, 4) is 0 Å². The molecule has 0 spiro atoms. The molecule has 0 bridgehead atoms. The number of carbonyl (C=O) groups is 2. The van der Waals surface area contributed by atoms with Crippen LogP contribution in [-0.2, 0) is 4.79 Å². The van der Waals surface area contributed by atoms with Crippen molar-refractivity contribution in [1.82, 2.24) is 15.5 Å². The average Bonchev–Trinajstić information content (AvgIpc) is 2.38. The largest absolute Gasteiger partial charge is 0.345 e. The van der Waals surface area contributed by atoms with Crippen molar-refractivity contribution in [1.29, 1.82) is 0 Å². The zero-order valence-electron chi connectivity index (χ0n) is 11.5. The third-order valence-corrected chi connectivity index (χ3v) is 3.64. The van der Waals surface area contributed by atoms with Crippen LogP contribution in [0.2, 0.25) is 0 Å². The molecule has 0 aliphatic carbocycles. The van der Waals surface area contributed by atoms with E-state index in [0.29, 0.717) is 11.3 Å². The van der Waals surface area contributed by atoms with Crippen LogP contribution in [0.4, 0.5) is 4.79 Å². The molecule has 1 aromatic rings. The molecule has 2 N–H and O–H groups in total. The molecule has 0 radical (unpaired) electrons. The van der Waals surface area contributed by atoms with Gasteiger partial charge in [-0.3, -0.25) is 4.79 Å². The van der Waals surface area contributed by atoms with Gasteiger partial charge in [0, 0.05) is 24.3 Å². The number of urea groups is 1. The van der Waals surface area contributed by atoms with E-state index < -0.39 is 6.04 Å². The first kappa shape index (κ1) is 14.6. The number of amides is 3. The van der Waals surface area contributed by atoms with Crippen molar-refractivity contribution >= 4 is 27.9 Å². The Kier molecular flexibility index (Phi) is 4.13. The third-order valence-electron chi connectivity index (χ3n) is 3.11. The highest BCUT2D eigenvalue weighted by Gasteiger charge is 2.31. The molecule has 1 heterocycles. The minimum Gasteiger partial charge on any atom is -0.345 e. The second-order valence-corrected chi connectivity index (χ2v) is 5.74. The van der Waals surface area contributed by atoms with Crippen molar-refractivity contribution < 1.29 is 9.59 Å². The zero-order valence-corrected chi connectivity index (χ0v) is 13.1. The molecule has 0 unspecified atom stereocenters. The monoisotopic (exact) mass is 337 g/mol. The number of rotatable bonds is 2. The molecule has 1 aliphatic rings. The van der Waals surface area contributed by atoms with Gasteiger partial charge in [0.15, 0.2) is 0 Å². The van der Waals surface area contributed by atoms with Gasteiger partial charge in [-0.05, 0) is 24.6 Å². The summed E-state index contributed by atoms with van der Waals surface area (Å²) in [5.74, 6) is -0.122. The SMILES string of the molecule is CC1=C(C(=O)N(C)C)[C@@H](c2ccc(Br)cc2)NC(=O)N1. The van der Waals surface area contributed by atoms with Crippen LogP contribution in [0.3, 0.4) is 0 Å². The highest BCUT2D eigenvalue weighted by atomic mass is 79.9. The minimum atomic E-state index is -0.438. The molecule has 0 saturated carbocycles. The van der Waals surface area contributed by atoms with Crippen molar-refractivity contribution in [2.24, 2.45) is 0 Å². The first-order chi connectivity index (χ1) is 9.40. The molecule has 1 aliphatic heterocycles. The molecule has 0 saturated heterocycles. The molecule has 5 nitrogen and oxygen atoms in total. The second kappa shape index (κ2) is 5.66. The summed E-state index contributed by atoms with van der Waals surface area (Å²) < 4.78 is 0.947. The molecular weight excluding hydrogens is 322 g/mol. The highest BCUT2D eigenvalue weighted by Crippen LogP contribution is 2.28. The molecule has 1 aromatic carbocycles. The van der Waals surface area contributed by atoms with Gasteiger partial charge in [-0.2, -0.15) is 0 Å². The van der Waals surface area contributed by atoms with E-state index >= 15 is 0 Å². The van der Waals surface area contributed by atoms with E-state index in [0.717, 1.165) is 10.0 Å². The summed E-state index contributed by atoms with van der Waals surface area (Å²) in [4.78, 5) is 25.5. The van der Waals surface area contributed by atoms with Gasteiger partial charge in [-0.25, -0.2) is 4.79 Å². The molecule has 106 valence electrons. The van der Waals surface area contributed by atoms with Crippen molar-refractivity contribution in [3.05, 3.63) is 45.6 Å². The van der Waals surface area contributed by atoms with Crippen molar-refractivity contribution in [2.45, 2.75) is 13.0 Å². The van der Waals surface area contributed by atoms with Crippen LogP contribution in [0.5, 0.6) is 0 Å². The minimum absolute atomic E-state index is 0.122. The summed E-state index contributed by atoms with van der Waals surface area (Å²) in [6.07, 6.45) is 0. The Bertz CT molecular complexity index is 579. The fraction of sp³-hybridized carbons (Fsp3) is 0.286. The van der Waals surface area contributed by atoms with Crippen molar-refractivity contribution in [2.75, 3.05) is 14.1 Å². The predicted octanol–water partition coefficient (Wildman–Crippen LogP) is 2.17. The second-order valence-electron chi connectivity index (χ2n) is 4.82. The fourth-order valence-electron chi connectivity index (χ4n) is 2.12. The van der Waals surface area contributed by atoms with Gasteiger partial charge in [0.05, 0.1) is 11.6 Å². The van der Waals surface area contributed by atoms with Crippen LogP contribution in [0.15, 0.2) is 40.0 Å². The quantitative estimate of drug-likeness (QED) is 0.868. The summed E-state index contributed by atoms with van der Waals surface area (Å²) in [6.45, 7) is 1.74. The summed E-state index contributed by atoms with van der Waals surface area (Å²) in [7, 11) is 3.38. The Morgan fingerprint density at radius 2 is 1.85 bits per heavy atom. The zero-order chi connectivity index (χ0) is 14.9. The van der Waals surface area contributed by atoms with E-state index in [1.807, 2.05) is 24.3 Å². The Morgan fingerprint density at radius 1 is 1.25 bits per heavy atom. The number of nitrogens with one attached hydrogen (secondary N) is 2. The summed E-state index contributed by atoms with van der Waals surface area (Å²) in [5.41, 5.74) is 2.00. The van der Waals surface area contributed by atoms with Crippen LogP contribution in [0, 0.1) is 0 Å². The lowest BCUT2D eigenvalue weighted by atomic mass is 9.95. The van der Waals surface area contributed by atoms with Gasteiger partial charge in [-0.15, -0.1) is 0 Å². The standard InChI is InChI=1S/C14H16BrN3O2/c1-8-11(13(19)18(2)3)12(17-14(20)16-8)9-4-6-10(15)7-5-9/h4-7,12H,1-3H3,(H2,16,17,20)/t12-/m1/s1. The summed E-state index contributed by atoms with van der Waals surface area (Å²) in [5, 5.41) is 5.45. The number of hydrogen-bond donors (Lipinski definition) is 2. The number of likely N-dealkylation sites (N-methyl/N-ethyl adjacent to an activating group) is 1. The first-order valence-electron chi connectivity index (χ1n) is 6.15. The molecule has 6 heteroatoms.